The molecule has 2 atom stereocenters. The lowest BCUT2D eigenvalue weighted by atomic mass is 10.0. The molecule has 1 fully saturated rings. The lowest BCUT2D eigenvalue weighted by Crippen LogP contribution is -2.71. The van der Waals surface area contributed by atoms with Gasteiger partial charge in [0.1, 0.15) is 22.9 Å². The highest BCUT2D eigenvalue weighted by atomic mass is 32.2. The molecule has 11 heteroatoms. The monoisotopic (exact) mass is 716 g/mol. The van der Waals surface area contributed by atoms with Gasteiger partial charge in [0.25, 0.3) is 11.8 Å². The lowest BCUT2D eigenvalue weighted by Gasteiger charge is -2.49. The molecule has 1 saturated heterocycles. The molecular formula is C40H33N2O7PS. The van der Waals surface area contributed by atoms with Gasteiger partial charge in [0.2, 0.25) is 0 Å². The summed E-state index contributed by atoms with van der Waals surface area (Å²) in [6.45, 7) is -0.294. The van der Waals surface area contributed by atoms with Crippen LogP contribution in [0, 0.1) is 0 Å². The fourth-order valence-corrected chi connectivity index (χ4v) is 9.38. The van der Waals surface area contributed by atoms with Crippen molar-refractivity contribution in [2.24, 2.45) is 0 Å². The van der Waals surface area contributed by atoms with Gasteiger partial charge >= 0.3 is 13.3 Å². The van der Waals surface area contributed by atoms with Gasteiger partial charge in [-0.3, -0.25) is 19.1 Å². The van der Waals surface area contributed by atoms with Crippen molar-refractivity contribution in [3.05, 3.63) is 174 Å². The average Bonchev–Trinajstić information content (AvgIpc) is 3.19. The number of nitrogens with one attached hydrogen (secondary N) is 1. The predicted octanol–water partition coefficient (Wildman–Crippen LogP) is 5.96. The van der Waals surface area contributed by atoms with Crippen LogP contribution in [0.3, 0.4) is 0 Å². The van der Waals surface area contributed by atoms with Crippen LogP contribution in [0.2, 0.25) is 0 Å². The number of para-hydroxylation sites is 1. The van der Waals surface area contributed by atoms with Gasteiger partial charge in [-0.2, -0.15) is 0 Å². The predicted molar refractivity (Wildman–Crippen MR) is 196 cm³/mol. The number of benzene rings is 5. The summed E-state index contributed by atoms with van der Waals surface area (Å²) >= 11 is 1.29. The maximum Gasteiger partial charge on any atom is 0.359 e. The number of hydrogen-bond donors (Lipinski definition) is 1. The van der Waals surface area contributed by atoms with Crippen molar-refractivity contribution in [1.29, 1.82) is 0 Å². The first kappa shape index (κ1) is 33.9. The number of β-lactam (4-membered cyclic amide) rings is 1. The van der Waals surface area contributed by atoms with E-state index in [0.717, 1.165) is 11.1 Å². The highest BCUT2D eigenvalue weighted by Gasteiger charge is 2.56. The van der Waals surface area contributed by atoms with E-state index in [-0.39, 0.29) is 23.8 Å². The van der Waals surface area contributed by atoms with Gasteiger partial charge < -0.3 is 19.3 Å². The summed E-state index contributed by atoms with van der Waals surface area (Å²) < 4.78 is 33.3. The van der Waals surface area contributed by atoms with Crippen LogP contribution < -0.4 is 20.7 Å². The van der Waals surface area contributed by atoms with Crippen LogP contribution >= 0.6 is 19.1 Å². The molecule has 0 unspecified atom stereocenters. The second kappa shape index (κ2) is 15.1. The minimum absolute atomic E-state index is 0.0442. The number of carbonyl (C=O) groups excluding carboxylic acids is 3. The molecule has 7 rings (SSSR count). The number of thioether (sulfide) groups is 1. The molecule has 0 spiro atoms. The average molecular weight is 717 g/mol. The smallest absolute Gasteiger partial charge is 0.359 e. The van der Waals surface area contributed by atoms with E-state index in [1.54, 1.807) is 72.8 Å². The third kappa shape index (κ3) is 7.20. The van der Waals surface area contributed by atoms with E-state index in [9.17, 15) is 14.4 Å². The molecule has 256 valence electrons. The Hall–Kier alpha value is -5.57. The van der Waals surface area contributed by atoms with E-state index >= 15 is 4.57 Å². The van der Waals surface area contributed by atoms with Gasteiger partial charge in [-0.25, -0.2) is 4.79 Å². The molecule has 0 saturated carbocycles. The minimum atomic E-state index is -3.84. The van der Waals surface area contributed by atoms with Crippen LogP contribution in [-0.2, 0) is 28.2 Å². The van der Waals surface area contributed by atoms with Crippen LogP contribution in [0.1, 0.15) is 17.2 Å². The Morgan fingerprint density at radius 1 is 0.745 bits per heavy atom. The van der Waals surface area contributed by atoms with Gasteiger partial charge in [-0.1, -0.05) is 115 Å². The molecule has 0 aromatic heterocycles. The standard InChI is InChI=1S/C40H33N2O7PS/c43-34(26-47-30-20-10-3-11-21-30)41-35-38(44)42-36(40(45)48-37(28-16-6-1-7-17-28)29-18-8-2-9-19-29)33(27-51-39(35)42)49-50(46,31-22-12-4-13-23-31)32-24-14-5-15-25-32/h1-25,35,37,39H,26-27H2,(H,41,43)/t35-,39-/m1/s1. The summed E-state index contributed by atoms with van der Waals surface area (Å²) in [5.74, 6) is -1.20. The van der Waals surface area contributed by atoms with E-state index in [1.165, 1.54) is 16.7 Å². The number of ether oxygens (including phenoxy) is 2. The van der Waals surface area contributed by atoms with Gasteiger partial charge in [0.15, 0.2) is 18.4 Å². The number of hydrogen-bond acceptors (Lipinski definition) is 8. The molecular weight excluding hydrogens is 683 g/mol. The van der Waals surface area contributed by atoms with Gasteiger partial charge in [0, 0.05) is 0 Å². The molecule has 0 aliphatic carbocycles. The quantitative estimate of drug-likeness (QED) is 0.0958. The second-order valence-corrected chi connectivity index (χ2v) is 15.2. The van der Waals surface area contributed by atoms with E-state index in [1.807, 2.05) is 78.9 Å². The first-order valence-corrected chi connectivity index (χ1v) is 19.0. The molecule has 2 aliphatic heterocycles. The molecule has 1 N–H and O–H groups in total. The van der Waals surface area contributed by atoms with Crippen molar-refractivity contribution in [3.8, 4) is 5.75 Å². The van der Waals surface area contributed by atoms with E-state index in [4.69, 9.17) is 14.0 Å². The van der Waals surface area contributed by atoms with E-state index in [0.29, 0.717) is 16.4 Å². The second-order valence-electron chi connectivity index (χ2n) is 11.7. The summed E-state index contributed by atoms with van der Waals surface area (Å²) in [5, 5.41) is 2.96. The molecule has 9 nitrogen and oxygen atoms in total. The van der Waals surface area contributed by atoms with Gasteiger partial charge in [-0.15, -0.1) is 11.8 Å². The Morgan fingerprint density at radius 3 is 1.76 bits per heavy atom. The number of rotatable bonds is 12. The van der Waals surface area contributed by atoms with Crippen LogP contribution in [0.25, 0.3) is 0 Å². The highest BCUT2D eigenvalue weighted by molar-refractivity contribution is 8.00. The number of nitrogens with zero attached hydrogens (tertiary/aromatic N) is 1. The third-order valence-electron chi connectivity index (χ3n) is 8.42. The molecule has 2 heterocycles. The van der Waals surface area contributed by atoms with Crippen LogP contribution in [0.5, 0.6) is 5.75 Å². The van der Waals surface area contributed by atoms with Crippen LogP contribution in [0.15, 0.2) is 163 Å². The van der Waals surface area contributed by atoms with Crippen molar-refractivity contribution in [2.45, 2.75) is 17.5 Å². The summed E-state index contributed by atoms with van der Waals surface area (Å²) in [7, 11) is -3.84. The van der Waals surface area contributed by atoms with Crippen molar-refractivity contribution in [1.82, 2.24) is 10.2 Å². The Balaban J connectivity index is 1.23. The van der Waals surface area contributed by atoms with Gasteiger partial charge in [-0.05, 0) is 47.5 Å². The fraction of sp³-hybridized carbons (Fsp3) is 0.125. The molecule has 2 aliphatic rings. The fourth-order valence-electron chi connectivity index (χ4n) is 5.94. The Bertz CT molecular complexity index is 2000. The van der Waals surface area contributed by atoms with Gasteiger partial charge in [0.05, 0.1) is 16.4 Å². The Labute approximate surface area is 299 Å². The number of carbonyl (C=O) groups is 3. The molecule has 0 radical (unpaired) electrons. The summed E-state index contributed by atoms with van der Waals surface area (Å²) in [6.07, 6.45) is -0.821. The highest BCUT2D eigenvalue weighted by Crippen LogP contribution is 2.51. The normalized spacial score (nSPS) is 16.9. The topological polar surface area (TPSA) is 111 Å². The largest absolute Gasteiger partial charge is 0.484 e. The van der Waals surface area contributed by atoms with Crippen molar-refractivity contribution in [3.63, 3.8) is 0 Å². The maximum atomic E-state index is 15.0. The molecule has 5 aromatic rings. The molecule has 5 aromatic carbocycles. The van der Waals surface area contributed by atoms with Crippen LogP contribution in [0.4, 0.5) is 0 Å². The number of fused-ring (bicyclic) bond motifs is 1. The minimum Gasteiger partial charge on any atom is -0.484 e. The van der Waals surface area contributed by atoms with E-state index < -0.39 is 42.7 Å². The Morgan fingerprint density at radius 2 is 1.24 bits per heavy atom. The lowest BCUT2D eigenvalue weighted by molar-refractivity contribution is -0.155. The summed E-state index contributed by atoms with van der Waals surface area (Å²) in [5.41, 5.74) is 1.29. The third-order valence-corrected chi connectivity index (χ3v) is 12.1. The molecule has 2 amide bonds. The Kier molecular flexibility index (Phi) is 10.1. The van der Waals surface area contributed by atoms with Crippen molar-refractivity contribution >= 4 is 47.5 Å². The number of esters is 1. The van der Waals surface area contributed by atoms with E-state index in [2.05, 4.69) is 5.32 Å². The summed E-state index contributed by atoms with van der Waals surface area (Å²) in [4.78, 5) is 42.6. The van der Waals surface area contributed by atoms with Crippen molar-refractivity contribution in [2.75, 3.05) is 12.4 Å². The first-order chi connectivity index (χ1) is 24.9. The SMILES string of the molecule is O=C(COc1ccccc1)N[C@@H]1C(=O)N2C(C(=O)OC(c3ccccc3)c3ccccc3)=C(OP(=O)(c3ccccc3)c3ccccc3)CS[C@H]12. The zero-order valence-electron chi connectivity index (χ0n) is 27.2. The molecule has 0 bridgehead atoms. The van der Waals surface area contributed by atoms with Crippen molar-refractivity contribution < 1.29 is 32.9 Å². The zero-order chi connectivity index (χ0) is 35.2. The molecule has 51 heavy (non-hydrogen) atoms. The summed E-state index contributed by atoms with van der Waals surface area (Å²) in [6, 6.07) is 44.0. The van der Waals surface area contributed by atoms with Crippen LogP contribution in [-0.4, -0.2) is 46.5 Å². The first-order valence-electron chi connectivity index (χ1n) is 16.3. The number of amides is 2. The maximum absolute atomic E-state index is 15.0. The zero-order valence-corrected chi connectivity index (χ0v) is 29.0.